The van der Waals surface area contributed by atoms with Crippen molar-refractivity contribution < 1.29 is 13.2 Å². The van der Waals surface area contributed by atoms with E-state index < -0.39 is 11.7 Å². The average molecular weight is 389 g/mol. The third kappa shape index (κ3) is 2.73. The normalized spacial score (nSPS) is 19.7. The Kier molecular flexibility index (Phi) is 3.46. The fourth-order valence-electron chi connectivity index (χ4n) is 3.70. The molecule has 1 aromatic carbocycles. The number of rotatable bonds is 2. The predicted octanol–water partition coefficient (Wildman–Crippen LogP) is 5.22. The van der Waals surface area contributed by atoms with Crippen molar-refractivity contribution in [2.45, 2.75) is 24.4 Å². The summed E-state index contributed by atoms with van der Waals surface area (Å²) in [5.41, 5.74) is 1.94. The van der Waals surface area contributed by atoms with Crippen LogP contribution in [0.5, 0.6) is 0 Å². The first-order valence-corrected chi connectivity index (χ1v) is 8.75. The minimum atomic E-state index is -4.42. The monoisotopic (exact) mass is 388 g/mol. The molecule has 1 saturated carbocycles. The van der Waals surface area contributed by atoms with Gasteiger partial charge in [0.15, 0.2) is 5.65 Å². The van der Waals surface area contributed by atoms with Gasteiger partial charge in [0.1, 0.15) is 5.15 Å². The predicted molar refractivity (Wildman–Crippen MR) is 94.8 cm³/mol. The summed E-state index contributed by atoms with van der Waals surface area (Å²) in [6.07, 6.45) is 1.40. The SMILES string of the molecule is FC(F)(F)c1cccc2cc(C3C[C@@H]3c3cc(Cl)nn4ccnc34)cnc12. The van der Waals surface area contributed by atoms with Crippen LogP contribution in [0.1, 0.15) is 34.9 Å². The Morgan fingerprint density at radius 1 is 1.11 bits per heavy atom. The van der Waals surface area contributed by atoms with E-state index in [0.29, 0.717) is 10.5 Å². The summed E-state index contributed by atoms with van der Waals surface area (Å²) in [5.74, 6) is 0.371. The molecule has 4 aromatic rings. The molecule has 0 saturated heterocycles. The van der Waals surface area contributed by atoms with Gasteiger partial charge in [-0.3, -0.25) is 4.98 Å². The Morgan fingerprint density at radius 3 is 2.78 bits per heavy atom. The first-order valence-electron chi connectivity index (χ1n) is 8.37. The molecule has 136 valence electrons. The maximum Gasteiger partial charge on any atom is 0.418 e. The lowest BCUT2D eigenvalue weighted by atomic mass is 10.0. The van der Waals surface area contributed by atoms with Crippen molar-refractivity contribution >= 4 is 28.2 Å². The minimum Gasteiger partial charge on any atom is -0.255 e. The number of alkyl halides is 3. The van der Waals surface area contributed by atoms with Gasteiger partial charge < -0.3 is 0 Å². The number of benzene rings is 1. The molecule has 1 aliphatic rings. The van der Waals surface area contributed by atoms with Gasteiger partial charge in [0.25, 0.3) is 0 Å². The van der Waals surface area contributed by atoms with E-state index in [9.17, 15) is 13.2 Å². The van der Waals surface area contributed by atoms with Crippen LogP contribution in [0.3, 0.4) is 0 Å². The van der Waals surface area contributed by atoms with Crippen LogP contribution in [0.25, 0.3) is 16.6 Å². The third-order valence-electron chi connectivity index (χ3n) is 5.01. The molecule has 2 atom stereocenters. The van der Waals surface area contributed by atoms with Crippen molar-refractivity contribution in [3.8, 4) is 0 Å². The molecule has 0 spiro atoms. The number of fused-ring (bicyclic) bond motifs is 2. The van der Waals surface area contributed by atoms with Gasteiger partial charge in [0.05, 0.1) is 11.1 Å². The molecule has 0 N–H and O–H groups in total. The number of hydrogen-bond acceptors (Lipinski definition) is 3. The molecule has 4 nitrogen and oxygen atoms in total. The standard InChI is InChI=1S/C19H12ClF3N4/c20-16-8-14(18-24-4-5-27(18)26-16)13-7-12(13)11-6-10-2-1-3-15(19(21,22)23)17(10)25-9-11/h1-6,8-9,12-13H,7H2/t12?,13-/m0/s1. The number of pyridine rings is 1. The number of nitrogens with zero attached hydrogens (tertiary/aromatic N) is 4. The summed E-state index contributed by atoms with van der Waals surface area (Å²) in [5, 5.41) is 5.05. The van der Waals surface area contributed by atoms with Crippen molar-refractivity contribution in [3.63, 3.8) is 0 Å². The van der Waals surface area contributed by atoms with Crippen LogP contribution in [0.4, 0.5) is 13.2 Å². The number of para-hydroxylation sites is 1. The smallest absolute Gasteiger partial charge is 0.255 e. The van der Waals surface area contributed by atoms with Gasteiger partial charge in [-0.2, -0.15) is 18.3 Å². The second kappa shape index (κ2) is 5.66. The van der Waals surface area contributed by atoms with Crippen molar-refractivity contribution in [1.29, 1.82) is 0 Å². The molecular weight excluding hydrogens is 377 g/mol. The van der Waals surface area contributed by atoms with Crippen molar-refractivity contribution in [2.24, 2.45) is 0 Å². The molecular formula is C19H12ClF3N4. The van der Waals surface area contributed by atoms with E-state index in [0.717, 1.165) is 29.3 Å². The Labute approximate surface area is 156 Å². The molecule has 5 rings (SSSR count). The number of imidazole rings is 1. The molecule has 3 heterocycles. The van der Waals surface area contributed by atoms with Crippen molar-refractivity contribution in [1.82, 2.24) is 19.6 Å². The Morgan fingerprint density at radius 2 is 1.96 bits per heavy atom. The van der Waals surface area contributed by atoms with Gasteiger partial charge >= 0.3 is 6.18 Å². The number of aromatic nitrogens is 4. The summed E-state index contributed by atoms with van der Waals surface area (Å²) >= 11 is 6.11. The van der Waals surface area contributed by atoms with Gasteiger partial charge in [-0.15, -0.1) is 0 Å². The fourth-order valence-corrected chi connectivity index (χ4v) is 3.90. The molecule has 27 heavy (non-hydrogen) atoms. The lowest BCUT2D eigenvalue weighted by Gasteiger charge is -2.10. The Balaban J connectivity index is 1.53. The first kappa shape index (κ1) is 16.5. The topological polar surface area (TPSA) is 43.1 Å². The molecule has 1 fully saturated rings. The van der Waals surface area contributed by atoms with Crippen molar-refractivity contribution in [2.75, 3.05) is 0 Å². The molecule has 3 aromatic heterocycles. The van der Waals surface area contributed by atoms with Gasteiger partial charge in [-0.05, 0) is 42.0 Å². The zero-order valence-electron chi connectivity index (χ0n) is 13.8. The Bertz CT molecular complexity index is 1180. The van der Waals surface area contributed by atoms with Crippen LogP contribution in [0.15, 0.2) is 48.9 Å². The van der Waals surface area contributed by atoms with Gasteiger partial charge in [-0.25, -0.2) is 9.50 Å². The molecule has 0 radical (unpaired) electrons. The summed E-state index contributed by atoms with van der Waals surface area (Å²) < 4.78 is 41.1. The Hall–Kier alpha value is -2.67. The second-order valence-corrected chi connectivity index (χ2v) is 7.10. The van der Waals surface area contributed by atoms with E-state index in [-0.39, 0.29) is 17.4 Å². The van der Waals surface area contributed by atoms with Gasteiger partial charge in [-0.1, -0.05) is 23.7 Å². The van der Waals surface area contributed by atoms with E-state index in [1.165, 1.54) is 6.07 Å². The number of hydrogen-bond donors (Lipinski definition) is 0. The minimum absolute atomic E-state index is 0.0199. The highest BCUT2D eigenvalue weighted by molar-refractivity contribution is 6.29. The summed E-state index contributed by atoms with van der Waals surface area (Å²) in [6, 6.07) is 7.74. The largest absolute Gasteiger partial charge is 0.418 e. The zero-order chi connectivity index (χ0) is 18.8. The first-order chi connectivity index (χ1) is 12.9. The summed E-state index contributed by atoms with van der Waals surface area (Å²) in [4.78, 5) is 8.47. The van der Waals surface area contributed by atoms with Crippen LogP contribution in [-0.4, -0.2) is 19.6 Å². The van der Waals surface area contributed by atoms with Crippen LogP contribution < -0.4 is 0 Å². The lowest BCUT2D eigenvalue weighted by molar-refractivity contribution is -0.136. The summed E-state index contributed by atoms with van der Waals surface area (Å²) in [6.45, 7) is 0. The molecule has 0 amide bonds. The summed E-state index contributed by atoms with van der Waals surface area (Å²) in [7, 11) is 0. The van der Waals surface area contributed by atoms with Gasteiger partial charge in [0, 0.05) is 29.5 Å². The fraction of sp³-hybridized carbons (Fsp3) is 0.211. The molecule has 0 bridgehead atoms. The van der Waals surface area contributed by atoms with E-state index in [2.05, 4.69) is 15.1 Å². The maximum atomic E-state index is 13.2. The highest BCUT2D eigenvalue weighted by atomic mass is 35.5. The lowest BCUT2D eigenvalue weighted by Crippen LogP contribution is -2.06. The van der Waals surface area contributed by atoms with E-state index in [1.54, 1.807) is 35.2 Å². The maximum absolute atomic E-state index is 13.2. The molecule has 1 unspecified atom stereocenters. The highest BCUT2D eigenvalue weighted by Gasteiger charge is 2.42. The molecule has 8 heteroatoms. The second-order valence-electron chi connectivity index (χ2n) is 6.71. The number of halogens is 4. The van der Waals surface area contributed by atoms with E-state index >= 15 is 0 Å². The molecule has 1 aliphatic carbocycles. The van der Waals surface area contributed by atoms with Crippen LogP contribution in [-0.2, 0) is 6.18 Å². The average Bonchev–Trinajstić information content (AvgIpc) is 3.29. The van der Waals surface area contributed by atoms with Crippen LogP contribution in [0, 0.1) is 0 Å². The van der Waals surface area contributed by atoms with Gasteiger partial charge in [0.2, 0.25) is 0 Å². The third-order valence-corrected chi connectivity index (χ3v) is 5.20. The van der Waals surface area contributed by atoms with Crippen LogP contribution >= 0.6 is 11.6 Å². The van der Waals surface area contributed by atoms with Crippen LogP contribution in [0.2, 0.25) is 5.15 Å². The quantitative estimate of drug-likeness (QED) is 0.473. The highest BCUT2D eigenvalue weighted by Crippen LogP contribution is 2.55. The van der Waals surface area contributed by atoms with E-state index in [4.69, 9.17) is 11.6 Å². The molecule has 0 aliphatic heterocycles. The van der Waals surface area contributed by atoms with E-state index in [1.807, 2.05) is 6.07 Å². The van der Waals surface area contributed by atoms with Crippen molar-refractivity contribution in [3.05, 3.63) is 70.8 Å². The zero-order valence-corrected chi connectivity index (χ0v) is 14.5.